The fourth-order valence-electron chi connectivity index (χ4n) is 2.99. The van der Waals surface area contributed by atoms with Gasteiger partial charge in [-0.15, -0.1) is 11.3 Å². The molecule has 0 unspecified atom stereocenters. The second-order valence-electron chi connectivity index (χ2n) is 6.66. The fourth-order valence-corrected chi connectivity index (χ4v) is 5.03. The van der Waals surface area contributed by atoms with Crippen LogP contribution in [0.1, 0.15) is 11.6 Å². The molecular formula is C20H23N3O4S2. The highest BCUT2D eigenvalue weighted by Gasteiger charge is 2.22. The molecule has 0 bridgehead atoms. The number of carbonyl (C=O) groups is 1. The second-order valence-corrected chi connectivity index (χ2v) is 9.34. The van der Waals surface area contributed by atoms with Crippen LogP contribution in [-0.2, 0) is 14.8 Å². The van der Waals surface area contributed by atoms with Gasteiger partial charge in [0.2, 0.25) is 10.0 Å². The molecule has 2 aromatic carbocycles. The van der Waals surface area contributed by atoms with Crippen molar-refractivity contribution < 1.29 is 17.9 Å². The van der Waals surface area contributed by atoms with Crippen LogP contribution in [0.3, 0.4) is 0 Å². The minimum atomic E-state index is -3.70. The number of ether oxygens (including phenoxy) is 1. The molecule has 0 spiro atoms. The lowest BCUT2D eigenvalue weighted by Crippen LogP contribution is -2.34. The molecule has 0 aliphatic heterocycles. The Bertz CT molecular complexity index is 1090. The number of methoxy groups -OCH3 is 1. The second kappa shape index (κ2) is 8.91. The van der Waals surface area contributed by atoms with E-state index in [2.05, 4.69) is 32.3 Å². The molecule has 0 saturated carbocycles. The van der Waals surface area contributed by atoms with Gasteiger partial charge >= 0.3 is 6.09 Å². The minimum absolute atomic E-state index is 0.110. The van der Waals surface area contributed by atoms with Crippen molar-refractivity contribution in [3.8, 4) is 0 Å². The average molecular weight is 434 g/mol. The van der Waals surface area contributed by atoms with Gasteiger partial charge in [-0.2, -0.15) is 0 Å². The van der Waals surface area contributed by atoms with E-state index in [0.717, 1.165) is 10.9 Å². The van der Waals surface area contributed by atoms with Gasteiger partial charge in [-0.05, 0) is 60.8 Å². The first-order valence-corrected chi connectivity index (χ1v) is 11.3. The van der Waals surface area contributed by atoms with Crippen LogP contribution in [-0.4, -0.2) is 47.2 Å². The first-order valence-electron chi connectivity index (χ1n) is 8.89. The predicted molar refractivity (Wildman–Crippen MR) is 116 cm³/mol. The number of thiophene rings is 1. The van der Waals surface area contributed by atoms with E-state index < -0.39 is 16.1 Å². The van der Waals surface area contributed by atoms with Gasteiger partial charge < -0.3 is 9.64 Å². The highest BCUT2D eigenvalue weighted by atomic mass is 32.2. The largest absolute Gasteiger partial charge is 0.453 e. The van der Waals surface area contributed by atoms with Gasteiger partial charge in [0.15, 0.2) is 0 Å². The van der Waals surface area contributed by atoms with Gasteiger partial charge in [-0.1, -0.05) is 18.2 Å². The van der Waals surface area contributed by atoms with Crippen molar-refractivity contribution in [1.29, 1.82) is 0 Å². The lowest BCUT2D eigenvalue weighted by atomic mass is 10.1. The van der Waals surface area contributed by atoms with Crippen LogP contribution in [0.25, 0.3) is 10.1 Å². The Morgan fingerprint density at radius 1 is 1.14 bits per heavy atom. The topological polar surface area (TPSA) is 87.7 Å². The quantitative estimate of drug-likeness (QED) is 0.594. The van der Waals surface area contributed by atoms with Gasteiger partial charge in [-0.3, -0.25) is 5.32 Å². The predicted octanol–water partition coefficient (Wildman–Crippen LogP) is 3.66. The number of nitrogens with one attached hydrogen (secondary N) is 2. The molecule has 0 aliphatic carbocycles. The maximum atomic E-state index is 12.7. The number of sulfonamides is 1. The first kappa shape index (κ1) is 21.3. The highest BCUT2D eigenvalue weighted by molar-refractivity contribution is 7.89. The van der Waals surface area contributed by atoms with Crippen LogP contribution < -0.4 is 10.0 Å². The Hall–Kier alpha value is -2.46. The molecule has 1 heterocycles. The molecule has 9 heteroatoms. The Balaban J connectivity index is 1.76. The van der Waals surface area contributed by atoms with Gasteiger partial charge in [0.25, 0.3) is 0 Å². The van der Waals surface area contributed by atoms with Crippen LogP contribution in [0.5, 0.6) is 0 Å². The highest BCUT2D eigenvalue weighted by Crippen LogP contribution is 2.32. The van der Waals surface area contributed by atoms with Crippen molar-refractivity contribution in [3.63, 3.8) is 0 Å². The van der Waals surface area contributed by atoms with Gasteiger partial charge in [0.1, 0.15) is 0 Å². The minimum Gasteiger partial charge on any atom is -0.453 e. The number of rotatable bonds is 7. The summed E-state index contributed by atoms with van der Waals surface area (Å²) in [5, 5.41) is 5.70. The fraction of sp³-hybridized carbons (Fsp3) is 0.250. The summed E-state index contributed by atoms with van der Waals surface area (Å²) in [5.74, 6) is 0. The first-order chi connectivity index (χ1) is 13.8. The van der Waals surface area contributed by atoms with Crippen molar-refractivity contribution >= 4 is 43.2 Å². The maximum Gasteiger partial charge on any atom is 0.411 e. The maximum absolute atomic E-state index is 12.7. The molecule has 0 fully saturated rings. The van der Waals surface area contributed by atoms with Gasteiger partial charge in [0, 0.05) is 23.0 Å². The molecule has 3 aromatic rings. The van der Waals surface area contributed by atoms with E-state index >= 15 is 0 Å². The van der Waals surface area contributed by atoms with Crippen LogP contribution in [0.2, 0.25) is 0 Å². The molecule has 1 aromatic heterocycles. The number of nitrogens with zero attached hydrogens (tertiary/aromatic N) is 1. The number of hydrogen-bond donors (Lipinski definition) is 2. The molecule has 1 amide bonds. The standard InChI is InChI=1S/C20H23N3O4S2/c1-23(2)18(17-13-28-19-7-5-4-6-16(17)19)12-21-29(25,26)15-10-8-14(9-11-15)22-20(24)27-3/h4-11,13,18,21H,12H2,1-3H3,(H,22,24)/t18-/m0/s1. The average Bonchev–Trinajstić information content (AvgIpc) is 3.12. The summed E-state index contributed by atoms with van der Waals surface area (Å²) in [7, 11) is 1.42. The van der Waals surface area contributed by atoms with Crippen molar-refractivity contribution in [2.24, 2.45) is 0 Å². The van der Waals surface area contributed by atoms with E-state index in [-0.39, 0.29) is 17.5 Å². The molecule has 0 saturated heterocycles. The molecule has 0 aliphatic rings. The van der Waals surface area contributed by atoms with E-state index in [1.165, 1.54) is 36.1 Å². The van der Waals surface area contributed by atoms with E-state index in [9.17, 15) is 13.2 Å². The zero-order valence-corrected chi connectivity index (χ0v) is 18.0. The molecule has 3 rings (SSSR count). The monoisotopic (exact) mass is 433 g/mol. The SMILES string of the molecule is COC(=O)Nc1ccc(S(=O)(=O)NC[C@@H](c2csc3ccccc23)N(C)C)cc1. The molecule has 7 nitrogen and oxygen atoms in total. The number of likely N-dealkylation sites (N-methyl/N-ethyl adjacent to an activating group) is 1. The number of fused-ring (bicyclic) bond motifs is 1. The third kappa shape index (κ3) is 4.94. The van der Waals surface area contributed by atoms with Gasteiger partial charge in [-0.25, -0.2) is 17.9 Å². The Kier molecular flexibility index (Phi) is 6.53. The molecule has 29 heavy (non-hydrogen) atoms. The van der Waals surface area contributed by atoms with Crippen LogP contribution >= 0.6 is 11.3 Å². The summed E-state index contributed by atoms with van der Waals surface area (Å²) in [5.41, 5.74) is 1.54. The smallest absolute Gasteiger partial charge is 0.411 e. The van der Waals surface area contributed by atoms with Crippen molar-refractivity contribution in [2.45, 2.75) is 10.9 Å². The van der Waals surface area contributed by atoms with E-state index in [4.69, 9.17) is 0 Å². The summed E-state index contributed by atoms with van der Waals surface area (Å²) in [6.07, 6.45) is -0.615. The summed E-state index contributed by atoms with van der Waals surface area (Å²) in [6.45, 7) is 0.234. The van der Waals surface area contributed by atoms with Crippen molar-refractivity contribution in [3.05, 3.63) is 59.5 Å². The van der Waals surface area contributed by atoms with Gasteiger partial charge in [0.05, 0.1) is 12.0 Å². The zero-order chi connectivity index (χ0) is 21.0. The number of hydrogen-bond acceptors (Lipinski definition) is 6. The van der Waals surface area contributed by atoms with Crippen LogP contribution in [0.15, 0.2) is 58.8 Å². The summed E-state index contributed by atoms with van der Waals surface area (Å²) in [4.78, 5) is 13.4. The summed E-state index contributed by atoms with van der Waals surface area (Å²) >= 11 is 1.65. The number of carbonyl (C=O) groups excluding carboxylic acids is 1. The Labute approximate surface area is 174 Å². The van der Waals surface area contributed by atoms with Crippen LogP contribution in [0, 0.1) is 0 Å². The molecular weight excluding hydrogens is 410 g/mol. The Morgan fingerprint density at radius 3 is 2.48 bits per heavy atom. The van der Waals surface area contributed by atoms with E-state index in [0.29, 0.717) is 5.69 Å². The van der Waals surface area contributed by atoms with E-state index in [1.807, 2.05) is 31.1 Å². The van der Waals surface area contributed by atoms with Crippen LogP contribution in [0.4, 0.5) is 10.5 Å². The number of benzene rings is 2. The zero-order valence-electron chi connectivity index (χ0n) is 16.4. The third-order valence-electron chi connectivity index (χ3n) is 4.56. The molecule has 2 N–H and O–H groups in total. The molecule has 1 atom stereocenters. The summed E-state index contributed by atoms with van der Waals surface area (Å²) < 4.78 is 33.9. The number of amides is 1. The summed E-state index contributed by atoms with van der Waals surface area (Å²) in [6, 6.07) is 13.9. The third-order valence-corrected chi connectivity index (χ3v) is 6.98. The normalized spacial score (nSPS) is 12.8. The molecule has 0 radical (unpaired) electrons. The van der Waals surface area contributed by atoms with E-state index in [1.54, 1.807) is 11.3 Å². The lowest BCUT2D eigenvalue weighted by Gasteiger charge is -2.24. The Morgan fingerprint density at radius 2 is 1.83 bits per heavy atom. The van der Waals surface area contributed by atoms with Crippen molar-refractivity contribution in [1.82, 2.24) is 9.62 Å². The van der Waals surface area contributed by atoms with Crippen molar-refractivity contribution in [2.75, 3.05) is 33.1 Å². The number of anilines is 1. The molecule has 154 valence electrons. The lowest BCUT2D eigenvalue weighted by molar-refractivity contribution is 0.187.